The molecule has 1 aliphatic rings. The number of ether oxygens (including phenoxy) is 2. The molecule has 1 saturated carbocycles. The second-order valence-electron chi connectivity index (χ2n) is 6.62. The van der Waals surface area contributed by atoms with Crippen molar-refractivity contribution in [3.05, 3.63) is 35.5 Å². The van der Waals surface area contributed by atoms with Gasteiger partial charge in [-0.05, 0) is 37.5 Å². The monoisotopic (exact) mass is 345 g/mol. The molecule has 1 aliphatic carbocycles. The Hall–Kier alpha value is -2.08. The summed E-state index contributed by atoms with van der Waals surface area (Å²) >= 11 is 0. The first-order chi connectivity index (χ1) is 12.2. The minimum atomic E-state index is 0.550. The molecule has 1 aromatic carbocycles. The Bertz CT molecular complexity index is 680. The highest BCUT2D eigenvalue weighted by molar-refractivity contribution is 5.42. The lowest BCUT2D eigenvalue weighted by atomic mass is 9.93. The van der Waals surface area contributed by atoms with E-state index in [1.807, 2.05) is 19.1 Å². The van der Waals surface area contributed by atoms with E-state index in [-0.39, 0.29) is 0 Å². The molecule has 0 bridgehead atoms. The van der Waals surface area contributed by atoms with Crippen LogP contribution < -0.4 is 9.47 Å². The zero-order chi connectivity index (χ0) is 17.6. The van der Waals surface area contributed by atoms with Gasteiger partial charge in [0.2, 0.25) is 5.89 Å². The maximum Gasteiger partial charge on any atom is 0.240 e. The van der Waals surface area contributed by atoms with Gasteiger partial charge in [0.05, 0.1) is 20.8 Å². The molecule has 1 fully saturated rings. The van der Waals surface area contributed by atoms with Crippen LogP contribution in [0, 0.1) is 6.92 Å². The third kappa shape index (κ3) is 4.51. The Balaban J connectivity index is 1.78. The van der Waals surface area contributed by atoms with Gasteiger partial charge in [0.15, 0.2) is 17.3 Å². The molecule has 6 heteroatoms. The highest BCUT2D eigenvalue weighted by atomic mass is 16.5. The molecule has 0 amide bonds. The van der Waals surface area contributed by atoms with Gasteiger partial charge in [-0.1, -0.05) is 30.5 Å². The summed E-state index contributed by atoms with van der Waals surface area (Å²) in [4.78, 5) is 6.84. The van der Waals surface area contributed by atoms with Crippen LogP contribution in [0.2, 0.25) is 0 Å². The van der Waals surface area contributed by atoms with E-state index in [0.29, 0.717) is 24.3 Å². The number of nitrogens with zero attached hydrogens (tertiary/aromatic N) is 3. The van der Waals surface area contributed by atoms with Gasteiger partial charge >= 0.3 is 0 Å². The van der Waals surface area contributed by atoms with Crippen LogP contribution in [-0.4, -0.2) is 35.3 Å². The quantitative estimate of drug-likeness (QED) is 0.762. The van der Waals surface area contributed by atoms with Crippen molar-refractivity contribution < 1.29 is 14.0 Å². The number of hydrogen-bond donors (Lipinski definition) is 0. The van der Waals surface area contributed by atoms with Crippen LogP contribution >= 0.6 is 0 Å². The van der Waals surface area contributed by atoms with E-state index in [1.165, 1.54) is 37.7 Å². The average molecular weight is 345 g/mol. The van der Waals surface area contributed by atoms with E-state index < -0.39 is 0 Å². The summed E-state index contributed by atoms with van der Waals surface area (Å²) in [6.45, 7) is 3.36. The molecule has 0 spiro atoms. The number of aromatic nitrogens is 2. The van der Waals surface area contributed by atoms with Crippen LogP contribution in [0.1, 0.15) is 49.4 Å². The largest absolute Gasteiger partial charge is 0.493 e. The maximum atomic E-state index is 5.44. The van der Waals surface area contributed by atoms with Crippen molar-refractivity contribution in [1.82, 2.24) is 15.0 Å². The molecule has 0 atom stereocenters. The van der Waals surface area contributed by atoms with Crippen molar-refractivity contribution in [2.24, 2.45) is 0 Å². The second-order valence-corrected chi connectivity index (χ2v) is 6.62. The molecular formula is C19H27N3O3. The van der Waals surface area contributed by atoms with Gasteiger partial charge < -0.3 is 14.0 Å². The zero-order valence-corrected chi connectivity index (χ0v) is 15.3. The third-order valence-electron chi connectivity index (χ3n) is 4.83. The molecule has 2 aromatic rings. The standard InChI is InChI=1S/C19H27N3O3/c1-14-20-19(25-21-14)13-22(16-7-5-4-6-8-16)12-15-9-10-17(23-2)18(11-15)24-3/h9-11,16H,4-8,12-13H2,1-3H3. The fourth-order valence-corrected chi connectivity index (χ4v) is 3.55. The van der Waals surface area contributed by atoms with E-state index in [2.05, 4.69) is 21.1 Å². The van der Waals surface area contributed by atoms with Crippen molar-refractivity contribution in [1.29, 1.82) is 0 Å². The fourth-order valence-electron chi connectivity index (χ4n) is 3.55. The Morgan fingerprint density at radius 1 is 1.08 bits per heavy atom. The number of rotatable bonds is 7. The van der Waals surface area contributed by atoms with Crippen molar-refractivity contribution in [2.45, 2.75) is 58.2 Å². The van der Waals surface area contributed by atoms with Gasteiger partial charge in [-0.15, -0.1) is 0 Å². The van der Waals surface area contributed by atoms with Crippen molar-refractivity contribution in [3.63, 3.8) is 0 Å². The maximum absolute atomic E-state index is 5.44. The summed E-state index contributed by atoms with van der Waals surface area (Å²) < 4.78 is 16.1. The molecule has 1 heterocycles. The lowest BCUT2D eigenvalue weighted by Crippen LogP contribution is -2.36. The van der Waals surface area contributed by atoms with Crippen LogP contribution in [-0.2, 0) is 13.1 Å². The molecule has 3 rings (SSSR count). The number of benzene rings is 1. The summed E-state index contributed by atoms with van der Waals surface area (Å²) in [5.41, 5.74) is 1.19. The molecule has 1 aromatic heterocycles. The van der Waals surface area contributed by atoms with Gasteiger partial charge in [0.1, 0.15) is 0 Å². The summed E-state index contributed by atoms with van der Waals surface area (Å²) in [5, 5.41) is 3.92. The van der Waals surface area contributed by atoms with Gasteiger partial charge in [-0.2, -0.15) is 4.98 Å². The van der Waals surface area contributed by atoms with E-state index in [0.717, 1.165) is 18.0 Å². The molecule has 6 nitrogen and oxygen atoms in total. The molecular weight excluding hydrogens is 318 g/mol. The Kier molecular flexibility index (Phi) is 5.91. The normalized spacial score (nSPS) is 15.5. The molecule has 0 N–H and O–H groups in total. The topological polar surface area (TPSA) is 60.6 Å². The minimum absolute atomic E-state index is 0.550. The van der Waals surface area contributed by atoms with Crippen LogP contribution in [0.15, 0.2) is 22.7 Å². The van der Waals surface area contributed by atoms with Gasteiger partial charge in [-0.3, -0.25) is 4.90 Å². The zero-order valence-electron chi connectivity index (χ0n) is 15.3. The Labute approximate surface area is 149 Å². The van der Waals surface area contributed by atoms with Crippen molar-refractivity contribution >= 4 is 0 Å². The van der Waals surface area contributed by atoms with E-state index in [1.54, 1.807) is 14.2 Å². The summed E-state index contributed by atoms with van der Waals surface area (Å²) in [7, 11) is 3.32. The van der Waals surface area contributed by atoms with Gasteiger partial charge in [-0.25, -0.2) is 0 Å². The van der Waals surface area contributed by atoms with Crippen molar-refractivity contribution in [3.8, 4) is 11.5 Å². The van der Waals surface area contributed by atoms with Crippen LogP contribution in [0.5, 0.6) is 11.5 Å². The van der Waals surface area contributed by atoms with Crippen LogP contribution in [0.4, 0.5) is 0 Å². The first-order valence-electron chi connectivity index (χ1n) is 8.93. The molecule has 0 unspecified atom stereocenters. The number of methoxy groups -OCH3 is 2. The predicted molar refractivity (Wildman–Crippen MR) is 94.7 cm³/mol. The molecule has 136 valence electrons. The van der Waals surface area contributed by atoms with E-state index in [4.69, 9.17) is 14.0 Å². The van der Waals surface area contributed by atoms with Gasteiger partial charge in [0, 0.05) is 12.6 Å². The summed E-state index contributed by atoms with van der Waals surface area (Å²) in [6, 6.07) is 6.66. The fraction of sp³-hybridized carbons (Fsp3) is 0.579. The first-order valence-corrected chi connectivity index (χ1v) is 8.93. The lowest BCUT2D eigenvalue weighted by Gasteiger charge is -2.33. The van der Waals surface area contributed by atoms with Crippen LogP contribution in [0.3, 0.4) is 0 Å². The number of aryl methyl sites for hydroxylation is 1. The Morgan fingerprint density at radius 2 is 1.84 bits per heavy atom. The minimum Gasteiger partial charge on any atom is -0.493 e. The highest BCUT2D eigenvalue weighted by Gasteiger charge is 2.23. The molecule has 0 saturated heterocycles. The molecule has 0 aliphatic heterocycles. The highest BCUT2D eigenvalue weighted by Crippen LogP contribution is 2.30. The van der Waals surface area contributed by atoms with Gasteiger partial charge in [0.25, 0.3) is 0 Å². The smallest absolute Gasteiger partial charge is 0.240 e. The number of hydrogen-bond acceptors (Lipinski definition) is 6. The predicted octanol–water partition coefficient (Wildman–Crippen LogP) is 3.73. The van der Waals surface area contributed by atoms with Crippen molar-refractivity contribution in [2.75, 3.05) is 14.2 Å². The van der Waals surface area contributed by atoms with E-state index in [9.17, 15) is 0 Å². The lowest BCUT2D eigenvalue weighted by molar-refractivity contribution is 0.123. The first kappa shape index (κ1) is 17.7. The summed E-state index contributed by atoms with van der Waals surface area (Å²) in [5.74, 6) is 2.88. The molecule has 25 heavy (non-hydrogen) atoms. The van der Waals surface area contributed by atoms with E-state index >= 15 is 0 Å². The Morgan fingerprint density at radius 3 is 2.48 bits per heavy atom. The SMILES string of the molecule is COc1ccc(CN(Cc2nc(C)no2)C2CCCCC2)cc1OC. The van der Waals surface area contributed by atoms with Crippen LogP contribution in [0.25, 0.3) is 0 Å². The molecule has 0 radical (unpaired) electrons. The third-order valence-corrected chi connectivity index (χ3v) is 4.83. The second kappa shape index (κ2) is 8.34. The summed E-state index contributed by atoms with van der Waals surface area (Å²) in [6.07, 6.45) is 6.35. The average Bonchev–Trinajstić information content (AvgIpc) is 3.06.